The lowest BCUT2D eigenvalue weighted by molar-refractivity contribution is -0.253. The Hall–Kier alpha value is -2.42. The average Bonchev–Trinajstić information content (AvgIpc) is 2.94. The third-order valence-corrected chi connectivity index (χ3v) is 4.17. The lowest BCUT2D eigenvalue weighted by Gasteiger charge is -2.26. The predicted molar refractivity (Wildman–Crippen MR) is 78.2 cm³/mol. The molecule has 0 radical (unpaired) electrons. The van der Waals surface area contributed by atoms with Crippen LogP contribution in [0.4, 0.5) is 13.2 Å². The van der Waals surface area contributed by atoms with Gasteiger partial charge in [-0.3, -0.25) is 14.2 Å². The SMILES string of the molecule is O=C(Cn1c(=O)cnc2ccccc21)N1CCC(O)(C(F)(F)F)C1. The van der Waals surface area contributed by atoms with Gasteiger partial charge in [0.25, 0.3) is 5.56 Å². The molecule has 1 atom stereocenters. The number of benzene rings is 1. The molecule has 1 aromatic carbocycles. The zero-order valence-corrected chi connectivity index (χ0v) is 12.5. The van der Waals surface area contributed by atoms with E-state index in [1.54, 1.807) is 24.3 Å². The van der Waals surface area contributed by atoms with Crippen LogP contribution >= 0.6 is 0 Å². The van der Waals surface area contributed by atoms with Crippen molar-refractivity contribution in [1.29, 1.82) is 0 Å². The highest BCUT2D eigenvalue weighted by molar-refractivity contribution is 5.80. The predicted octanol–water partition coefficient (Wildman–Crippen LogP) is 0.922. The summed E-state index contributed by atoms with van der Waals surface area (Å²) in [5, 5.41) is 9.64. The molecule has 6 nitrogen and oxygen atoms in total. The number of aromatic nitrogens is 2. The number of amides is 1. The fourth-order valence-electron chi connectivity index (χ4n) is 2.75. The summed E-state index contributed by atoms with van der Waals surface area (Å²) in [5.74, 6) is -0.659. The molecule has 2 aromatic rings. The standard InChI is InChI=1S/C15H14F3N3O3/c16-15(17,18)14(24)5-6-20(9-14)13(23)8-21-11-4-2-1-3-10(11)19-7-12(21)22/h1-4,7,24H,5-6,8-9H2. The second-order valence-electron chi connectivity index (χ2n) is 5.77. The van der Waals surface area contributed by atoms with Gasteiger partial charge in [-0.25, -0.2) is 4.98 Å². The van der Waals surface area contributed by atoms with E-state index in [0.29, 0.717) is 11.0 Å². The normalized spacial score (nSPS) is 21.4. The van der Waals surface area contributed by atoms with E-state index >= 15 is 0 Å². The first-order valence-electron chi connectivity index (χ1n) is 7.23. The first-order valence-corrected chi connectivity index (χ1v) is 7.23. The molecule has 1 saturated heterocycles. The zero-order chi connectivity index (χ0) is 17.5. The summed E-state index contributed by atoms with van der Waals surface area (Å²) in [6.45, 7) is -1.45. The van der Waals surface area contributed by atoms with Crippen LogP contribution in [0.15, 0.2) is 35.3 Å². The van der Waals surface area contributed by atoms with Gasteiger partial charge in [0.05, 0.1) is 23.8 Å². The van der Waals surface area contributed by atoms with Crippen molar-refractivity contribution in [3.8, 4) is 0 Å². The Morgan fingerprint density at radius 2 is 2.04 bits per heavy atom. The molecule has 24 heavy (non-hydrogen) atoms. The molecule has 1 aromatic heterocycles. The number of fused-ring (bicyclic) bond motifs is 1. The molecule has 3 rings (SSSR count). The molecule has 1 N–H and O–H groups in total. The third kappa shape index (κ3) is 2.75. The highest BCUT2D eigenvalue weighted by atomic mass is 19.4. The second kappa shape index (κ2) is 5.59. The number of β-amino-alcohol motifs (C(OH)–C–C–N with tert-alkyl or cyclic N) is 1. The number of halogens is 3. The van der Waals surface area contributed by atoms with E-state index in [1.165, 1.54) is 0 Å². The summed E-state index contributed by atoms with van der Waals surface area (Å²) >= 11 is 0. The number of carbonyl (C=O) groups is 1. The summed E-state index contributed by atoms with van der Waals surface area (Å²) in [6.07, 6.45) is -4.32. The largest absolute Gasteiger partial charge is 0.419 e. The molecule has 128 valence electrons. The highest BCUT2D eigenvalue weighted by Gasteiger charge is 2.57. The van der Waals surface area contributed by atoms with Crippen molar-refractivity contribution in [3.63, 3.8) is 0 Å². The number of nitrogens with zero attached hydrogens (tertiary/aromatic N) is 3. The van der Waals surface area contributed by atoms with Crippen molar-refractivity contribution in [1.82, 2.24) is 14.5 Å². The number of alkyl halides is 3. The molecule has 2 heterocycles. The van der Waals surface area contributed by atoms with Crippen LogP contribution in [0.1, 0.15) is 6.42 Å². The number of rotatable bonds is 2. The second-order valence-corrected chi connectivity index (χ2v) is 5.77. The summed E-state index contributed by atoms with van der Waals surface area (Å²) in [7, 11) is 0. The minimum absolute atomic E-state index is 0.216. The monoisotopic (exact) mass is 341 g/mol. The van der Waals surface area contributed by atoms with E-state index in [-0.39, 0.29) is 6.54 Å². The Morgan fingerprint density at radius 3 is 2.71 bits per heavy atom. The van der Waals surface area contributed by atoms with E-state index < -0.39 is 42.8 Å². The fourth-order valence-corrected chi connectivity index (χ4v) is 2.75. The van der Waals surface area contributed by atoms with Gasteiger partial charge < -0.3 is 10.0 Å². The number of para-hydroxylation sites is 2. The van der Waals surface area contributed by atoms with Gasteiger partial charge in [0, 0.05) is 13.0 Å². The van der Waals surface area contributed by atoms with Gasteiger partial charge in [0.1, 0.15) is 6.54 Å². The van der Waals surface area contributed by atoms with Crippen LogP contribution in [-0.2, 0) is 11.3 Å². The molecule has 0 spiro atoms. The zero-order valence-electron chi connectivity index (χ0n) is 12.5. The lowest BCUT2D eigenvalue weighted by Crippen LogP contribution is -2.48. The van der Waals surface area contributed by atoms with E-state index in [9.17, 15) is 27.9 Å². The van der Waals surface area contributed by atoms with Crippen molar-refractivity contribution in [2.75, 3.05) is 13.1 Å². The van der Waals surface area contributed by atoms with Gasteiger partial charge in [-0.2, -0.15) is 13.2 Å². The van der Waals surface area contributed by atoms with E-state index in [2.05, 4.69) is 4.98 Å². The van der Waals surface area contributed by atoms with Gasteiger partial charge in [-0.15, -0.1) is 0 Å². The Labute approximate surface area is 134 Å². The number of hydrogen-bond donors (Lipinski definition) is 1. The van der Waals surface area contributed by atoms with Gasteiger partial charge in [-0.05, 0) is 12.1 Å². The lowest BCUT2D eigenvalue weighted by atomic mass is 10.0. The Balaban J connectivity index is 1.85. The quantitative estimate of drug-likeness (QED) is 0.881. The fraction of sp³-hybridized carbons (Fsp3) is 0.400. The molecular weight excluding hydrogens is 327 g/mol. The van der Waals surface area contributed by atoms with E-state index in [0.717, 1.165) is 15.7 Å². The summed E-state index contributed by atoms with van der Waals surface area (Å²) in [6, 6.07) is 6.65. The molecule has 1 aliphatic heterocycles. The van der Waals surface area contributed by atoms with Gasteiger partial charge in [-0.1, -0.05) is 12.1 Å². The van der Waals surface area contributed by atoms with E-state index in [4.69, 9.17) is 0 Å². The van der Waals surface area contributed by atoms with Gasteiger partial charge in [0.2, 0.25) is 5.91 Å². The maximum atomic E-state index is 12.8. The topological polar surface area (TPSA) is 75.4 Å². The summed E-state index contributed by atoms with van der Waals surface area (Å²) in [4.78, 5) is 29.1. The summed E-state index contributed by atoms with van der Waals surface area (Å²) in [5.41, 5.74) is -2.50. The molecule has 0 bridgehead atoms. The van der Waals surface area contributed by atoms with Crippen LogP contribution in [0.3, 0.4) is 0 Å². The van der Waals surface area contributed by atoms with Crippen LogP contribution in [-0.4, -0.2) is 50.3 Å². The van der Waals surface area contributed by atoms with Crippen LogP contribution in [0.25, 0.3) is 11.0 Å². The molecule has 1 fully saturated rings. The minimum Gasteiger partial charge on any atom is -0.379 e. The molecule has 0 saturated carbocycles. The third-order valence-electron chi connectivity index (χ3n) is 4.17. The number of aliphatic hydroxyl groups is 1. The van der Waals surface area contributed by atoms with Crippen LogP contribution in [0, 0.1) is 0 Å². The number of hydrogen-bond acceptors (Lipinski definition) is 4. The maximum Gasteiger partial charge on any atom is 0.419 e. The Bertz CT molecular complexity index is 849. The highest BCUT2D eigenvalue weighted by Crippen LogP contribution is 2.37. The van der Waals surface area contributed by atoms with Crippen LogP contribution < -0.4 is 5.56 Å². The van der Waals surface area contributed by atoms with Crippen molar-refractivity contribution in [2.45, 2.75) is 24.7 Å². The van der Waals surface area contributed by atoms with Crippen molar-refractivity contribution >= 4 is 16.9 Å². The smallest absolute Gasteiger partial charge is 0.379 e. The molecule has 0 aliphatic carbocycles. The van der Waals surface area contributed by atoms with Gasteiger partial charge >= 0.3 is 6.18 Å². The van der Waals surface area contributed by atoms with Crippen molar-refractivity contribution < 1.29 is 23.1 Å². The van der Waals surface area contributed by atoms with Crippen molar-refractivity contribution in [2.24, 2.45) is 0 Å². The molecular formula is C15H14F3N3O3. The van der Waals surface area contributed by atoms with Gasteiger partial charge in [0.15, 0.2) is 5.60 Å². The number of carbonyl (C=O) groups excluding carboxylic acids is 1. The molecule has 1 amide bonds. The average molecular weight is 341 g/mol. The van der Waals surface area contributed by atoms with Crippen LogP contribution in [0.2, 0.25) is 0 Å². The minimum atomic E-state index is -4.80. The first-order chi connectivity index (χ1) is 11.2. The van der Waals surface area contributed by atoms with E-state index in [1.807, 2.05) is 0 Å². The molecule has 1 aliphatic rings. The Morgan fingerprint density at radius 1 is 1.33 bits per heavy atom. The van der Waals surface area contributed by atoms with Crippen LogP contribution in [0.5, 0.6) is 0 Å². The number of likely N-dealkylation sites (tertiary alicyclic amines) is 1. The summed E-state index contributed by atoms with van der Waals surface area (Å²) < 4.78 is 39.7. The molecule has 1 unspecified atom stereocenters. The molecule has 9 heteroatoms. The maximum absolute atomic E-state index is 12.8. The first kappa shape index (κ1) is 16.4. The van der Waals surface area contributed by atoms with Crippen molar-refractivity contribution in [3.05, 3.63) is 40.8 Å². The Kier molecular flexibility index (Phi) is 3.83.